The molecule has 46 heavy (non-hydrogen) atoms. The number of nitrogens with zero attached hydrogens (tertiary/aromatic N) is 1. The molecule has 9 rings (SSSR count). The molecule has 2 aliphatic heterocycles. The fourth-order valence-corrected chi connectivity index (χ4v) is 10.6. The number of aliphatic hydroxyl groups excluding tert-OH is 1. The third kappa shape index (κ3) is 4.06. The minimum absolute atomic E-state index is 0.0443. The highest BCUT2D eigenvalue weighted by Crippen LogP contribution is 2.49. The van der Waals surface area contributed by atoms with Gasteiger partial charge in [0.2, 0.25) is 5.78 Å². The Bertz CT molecular complexity index is 2140. The van der Waals surface area contributed by atoms with Gasteiger partial charge in [-0.2, -0.15) is 0 Å². The first-order valence-electron chi connectivity index (χ1n) is 17.4. The Balaban J connectivity index is 1.25. The van der Waals surface area contributed by atoms with Gasteiger partial charge in [-0.05, 0) is 103 Å². The van der Waals surface area contributed by atoms with Gasteiger partial charge < -0.3 is 15.7 Å². The molecule has 2 fully saturated rings. The lowest BCUT2D eigenvalue weighted by molar-refractivity contribution is -0.109. The normalized spacial score (nSPS) is 32.7. The average Bonchev–Trinajstić information content (AvgIpc) is 2.98. The number of hydrogen-bond acceptors (Lipinski definition) is 5. The van der Waals surface area contributed by atoms with Crippen molar-refractivity contribution in [1.82, 2.24) is 0 Å². The van der Waals surface area contributed by atoms with Gasteiger partial charge in [0.05, 0.1) is 16.5 Å². The van der Waals surface area contributed by atoms with Crippen LogP contribution in [0.1, 0.15) is 77.3 Å². The third-order valence-electron chi connectivity index (χ3n) is 11.7. The minimum Gasteiger partial charge on any atom is -0.506 e. The Morgan fingerprint density at radius 3 is 2.00 bits per heavy atom. The SMILES string of the molecule is CC1CC(C)CC2(Cc3c(C4=C(O)C(=c5ccc6cccc7c6c5=NC5(CC(C)CC(C)C5)N7)C4=O)ccc4cccc(c34)N2)C1. The molecule has 234 valence electrons. The largest absolute Gasteiger partial charge is 0.506 e. The van der Waals surface area contributed by atoms with E-state index in [-0.39, 0.29) is 17.1 Å². The molecule has 0 bridgehead atoms. The van der Waals surface area contributed by atoms with Crippen LogP contribution in [0.15, 0.2) is 71.4 Å². The summed E-state index contributed by atoms with van der Waals surface area (Å²) in [5, 5.41) is 25.8. The molecule has 4 unspecified atom stereocenters. The number of carbonyl (C=O) groups excluding carboxylic acids is 1. The quantitative estimate of drug-likeness (QED) is 0.204. The van der Waals surface area contributed by atoms with Crippen molar-refractivity contribution >= 4 is 49.8 Å². The fourth-order valence-electron chi connectivity index (χ4n) is 10.6. The summed E-state index contributed by atoms with van der Waals surface area (Å²) in [5.74, 6) is 2.39. The summed E-state index contributed by atoms with van der Waals surface area (Å²) in [5.41, 5.74) is 4.72. The molecular weight excluding hydrogens is 566 g/mol. The van der Waals surface area contributed by atoms with Crippen molar-refractivity contribution in [3.05, 3.63) is 88.1 Å². The summed E-state index contributed by atoms with van der Waals surface area (Å²) in [6.07, 6.45) is 7.42. The number of hydrogen-bond donors (Lipinski definition) is 3. The van der Waals surface area contributed by atoms with E-state index in [1.165, 1.54) is 29.2 Å². The molecule has 0 aromatic heterocycles. The molecule has 0 amide bonds. The van der Waals surface area contributed by atoms with Crippen LogP contribution in [-0.2, 0) is 11.2 Å². The second-order valence-electron chi connectivity index (χ2n) is 15.8. The highest BCUT2D eigenvalue weighted by molar-refractivity contribution is 6.52. The zero-order valence-electron chi connectivity index (χ0n) is 27.3. The Labute approximate surface area is 270 Å². The third-order valence-corrected chi connectivity index (χ3v) is 11.7. The van der Waals surface area contributed by atoms with Gasteiger partial charge in [-0.3, -0.25) is 9.79 Å². The predicted molar refractivity (Wildman–Crippen MR) is 187 cm³/mol. The highest BCUT2D eigenvalue weighted by Gasteiger charge is 2.45. The van der Waals surface area contributed by atoms with Crippen LogP contribution >= 0.6 is 0 Å². The molecule has 4 aromatic rings. The molecule has 5 nitrogen and oxygen atoms in total. The molecule has 5 heteroatoms. The molecule has 3 aliphatic carbocycles. The fraction of sp³-hybridized carbons (Fsp3) is 0.415. The minimum atomic E-state index is -0.404. The lowest BCUT2D eigenvalue weighted by Gasteiger charge is -2.47. The van der Waals surface area contributed by atoms with Crippen molar-refractivity contribution in [2.75, 3.05) is 10.6 Å². The maximum Gasteiger partial charge on any atom is 0.201 e. The monoisotopic (exact) mass is 609 g/mol. The van der Waals surface area contributed by atoms with Crippen molar-refractivity contribution in [2.24, 2.45) is 28.7 Å². The van der Waals surface area contributed by atoms with Crippen LogP contribution in [0.25, 0.3) is 32.7 Å². The zero-order valence-corrected chi connectivity index (χ0v) is 27.3. The molecule has 2 spiro atoms. The van der Waals surface area contributed by atoms with Crippen molar-refractivity contribution in [3.8, 4) is 0 Å². The van der Waals surface area contributed by atoms with E-state index in [1.807, 2.05) is 6.07 Å². The van der Waals surface area contributed by atoms with Gasteiger partial charge in [0.1, 0.15) is 11.4 Å². The molecule has 0 saturated heterocycles. The Kier molecular flexibility index (Phi) is 5.93. The van der Waals surface area contributed by atoms with E-state index in [1.54, 1.807) is 0 Å². The van der Waals surface area contributed by atoms with Gasteiger partial charge in [-0.25, -0.2) is 0 Å². The second-order valence-corrected chi connectivity index (χ2v) is 15.8. The zero-order chi connectivity index (χ0) is 31.5. The number of Topliss-reactive ketones (excluding diaryl/α,β-unsaturated/α-hetero) is 1. The lowest BCUT2D eigenvalue weighted by atomic mass is 9.66. The van der Waals surface area contributed by atoms with E-state index in [0.29, 0.717) is 34.8 Å². The van der Waals surface area contributed by atoms with E-state index in [9.17, 15) is 9.90 Å². The number of benzene rings is 4. The summed E-state index contributed by atoms with van der Waals surface area (Å²) in [7, 11) is 0. The molecule has 4 aromatic carbocycles. The Morgan fingerprint density at radius 1 is 0.717 bits per heavy atom. The first kappa shape index (κ1) is 28.1. The first-order valence-corrected chi connectivity index (χ1v) is 17.4. The summed E-state index contributed by atoms with van der Waals surface area (Å²) >= 11 is 0. The summed E-state index contributed by atoms with van der Waals surface area (Å²) in [6, 6.07) is 21.1. The smallest absolute Gasteiger partial charge is 0.201 e. The van der Waals surface area contributed by atoms with E-state index >= 15 is 0 Å². The number of ketones is 1. The van der Waals surface area contributed by atoms with E-state index < -0.39 is 5.66 Å². The summed E-state index contributed by atoms with van der Waals surface area (Å²) < 4.78 is 0. The van der Waals surface area contributed by atoms with Gasteiger partial charge in [-0.15, -0.1) is 0 Å². The number of rotatable bonds is 1. The topological polar surface area (TPSA) is 73.7 Å². The summed E-state index contributed by atoms with van der Waals surface area (Å²) in [4.78, 5) is 19.9. The van der Waals surface area contributed by atoms with Crippen LogP contribution in [0, 0.1) is 23.7 Å². The van der Waals surface area contributed by atoms with Gasteiger partial charge in [-0.1, -0.05) is 76.2 Å². The molecule has 4 atom stereocenters. The Hall–Kier alpha value is -4.12. The van der Waals surface area contributed by atoms with Gasteiger partial charge >= 0.3 is 0 Å². The molecule has 2 saturated carbocycles. The van der Waals surface area contributed by atoms with Crippen LogP contribution in [0.4, 0.5) is 11.4 Å². The molecule has 0 radical (unpaired) electrons. The van der Waals surface area contributed by atoms with E-state index in [2.05, 4.69) is 92.9 Å². The van der Waals surface area contributed by atoms with Crippen LogP contribution < -0.4 is 21.2 Å². The van der Waals surface area contributed by atoms with Gasteiger partial charge in [0, 0.05) is 32.9 Å². The molecule has 2 heterocycles. The lowest BCUT2D eigenvalue weighted by Crippen LogP contribution is -2.49. The van der Waals surface area contributed by atoms with Crippen molar-refractivity contribution in [1.29, 1.82) is 0 Å². The van der Waals surface area contributed by atoms with Crippen LogP contribution in [0.2, 0.25) is 0 Å². The number of allylic oxidation sites excluding steroid dienone is 2. The van der Waals surface area contributed by atoms with Crippen molar-refractivity contribution < 1.29 is 9.90 Å². The molecule has 5 aliphatic rings. The number of carbonyl (C=O) groups is 1. The Morgan fingerprint density at radius 2 is 1.33 bits per heavy atom. The van der Waals surface area contributed by atoms with Crippen LogP contribution in [0.3, 0.4) is 0 Å². The predicted octanol–water partition coefficient (Wildman–Crippen LogP) is 8.06. The first-order chi connectivity index (χ1) is 22.1. The number of aliphatic hydroxyl groups is 1. The van der Waals surface area contributed by atoms with E-state index in [0.717, 1.165) is 70.4 Å². The maximum atomic E-state index is 14.4. The molecular formula is C41H43N3O2. The van der Waals surface area contributed by atoms with Gasteiger partial charge in [0.15, 0.2) is 0 Å². The van der Waals surface area contributed by atoms with Crippen LogP contribution in [-0.4, -0.2) is 22.1 Å². The maximum absolute atomic E-state index is 14.4. The van der Waals surface area contributed by atoms with Gasteiger partial charge in [0.25, 0.3) is 0 Å². The average molecular weight is 610 g/mol. The highest BCUT2D eigenvalue weighted by atomic mass is 16.3. The standard InChI is InChI=1S/C41H43N3O2/c1-22-15-23(2)18-40(17-22)21-30-28(13-11-26-7-5-9-31(42-40)33(26)30)35-38(45)36(39(35)46)29-14-12-27-8-6-10-32-34(27)37(29)44-41(43-32)19-24(3)16-25(4)20-41/h5-14,22-25,42-43,45H,15-21H2,1-4H3. The van der Waals surface area contributed by atoms with Crippen LogP contribution in [0.5, 0.6) is 0 Å². The molecule has 3 N–H and O–H groups in total. The number of nitrogens with one attached hydrogen (secondary N) is 2. The number of anilines is 2. The van der Waals surface area contributed by atoms with Crippen molar-refractivity contribution in [3.63, 3.8) is 0 Å². The second kappa shape index (κ2) is 9.70. The summed E-state index contributed by atoms with van der Waals surface area (Å²) in [6.45, 7) is 9.37. The van der Waals surface area contributed by atoms with Crippen molar-refractivity contribution in [2.45, 2.75) is 83.8 Å². The van der Waals surface area contributed by atoms with E-state index in [4.69, 9.17) is 4.99 Å².